The van der Waals surface area contributed by atoms with Gasteiger partial charge in [0.1, 0.15) is 12.4 Å². The largest absolute Gasteiger partial charge is 0.478 e. The van der Waals surface area contributed by atoms with E-state index in [-0.39, 0.29) is 23.9 Å². The Kier molecular flexibility index (Phi) is 4.53. The predicted octanol–water partition coefficient (Wildman–Crippen LogP) is 4.45. The fraction of sp³-hybridized carbons (Fsp3) is 0.136. The Labute approximate surface area is 161 Å². The summed E-state index contributed by atoms with van der Waals surface area (Å²) >= 11 is 0. The highest BCUT2D eigenvalue weighted by molar-refractivity contribution is 5.91. The number of hydrogen-bond acceptors (Lipinski definition) is 4. The van der Waals surface area contributed by atoms with Crippen LogP contribution in [0, 0.1) is 6.92 Å². The van der Waals surface area contributed by atoms with Crippen LogP contribution >= 0.6 is 0 Å². The summed E-state index contributed by atoms with van der Waals surface area (Å²) < 4.78 is 5.44. The first-order chi connectivity index (χ1) is 13.5. The number of hydrogen-bond donors (Lipinski definition) is 2. The number of carboxylic acid groups (broad SMARTS) is 1. The van der Waals surface area contributed by atoms with E-state index in [0.29, 0.717) is 5.56 Å². The van der Waals surface area contributed by atoms with Gasteiger partial charge in [0.2, 0.25) is 0 Å². The van der Waals surface area contributed by atoms with Crippen LogP contribution in [0.15, 0.2) is 60.8 Å². The normalized spacial score (nSPS) is 12.2. The monoisotopic (exact) mass is 374 g/mol. The van der Waals surface area contributed by atoms with Crippen molar-refractivity contribution in [2.45, 2.75) is 12.8 Å². The second kappa shape index (κ2) is 7.15. The van der Waals surface area contributed by atoms with E-state index in [2.05, 4.69) is 22.4 Å². The van der Waals surface area contributed by atoms with Crippen molar-refractivity contribution in [3.05, 3.63) is 83.0 Å². The highest BCUT2D eigenvalue weighted by atomic mass is 16.5. The number of aryl methyl sites for hydroxylation is 1. The van der Waals surface area contributed by atoms with E-state index < -0.39 is 12.1 Å². The number of pyridine rings is 1. The summed E-state index contributed by atoms with van der Waals surface area (Å²) in [6.07, 6.45) is 0.734. The Morgan fingerprint density at radius 2 is 1.68 bits per heavy atom. The molecule has 0 aliphatic heterocycles. The molecule has 0 bridgehead atoms. The molecule has 1 aliphatic rings. The zero-order chi connectivity index (χ0) is 19.7. The Morgan fingerprint density at radius 1 is 1.07 bits per heavy atom. The molecule has 0 saturated carbocycles. The average molecular weight is 374 g/mol. The average Bonchev–Trinajstić information content (AvgIpc) is 3.01. The molecular formula is C22H18N2O4. The van der Waals surface area contributed by atoms with Crippen LogP contribution in [-0.2, 0) is 4.74 Å². The highest BCUT2D eigenvalue weighted by Crippen LogP contribution is 2.44. The molecule has 0 radical (unpaired) electrons. The van der Waals surface area contributed by atoms with Crippen LogP contribution in [-0.4, -0.2) is 28.8 Å². The molecule has 3 aromatic rings. The minimum atomic E-state index is -1.07. The van der Waals surface area contributed by atoms with Crippen molar-refractivity contribution in [3.8, 4) is 11.1 Å². The number of ether oxygens (including phenoxy) is 1. The maximum atomic E-state index is 12.2. The van der Waals surface area contributed by atoms with Crippen molar-refractivity contribution >= 4 is 17.9 Å². The van der Waals surface area contributed by atoms with Gasteiger partial charge in [-0.2, -0.15) is 0 Å². The molecule has 1 amide bonds. The predicted molar refractivity (Wildman–Crippen MR) is 105 cm³/mol. The van der Waals surface area contributed by atoms with Gasteiger partial charge in [0.25, 0.3) is 0 Å². The first-order valence-corrected chi connectivity index (χ1v) is 8.86. The standard InChI is InChI=1S/C22H18N2O4/c1-13-11-23-20(10-18(13)21(25)26)24-22(27)28-12-19-16-8-4-2-6-14(16)15-7-3-5-9-17(15)19/h2-11,19H,12H2,1H3,(H,25,26)(H,23,24,27). The van der Waals surface area contributed by atoms with E-state index in [1.165, 1.54) is 12.3 Å². The topological polar surface area (TPSA) is 88.5 Å². The molecule has 2 aromatic carbocycles. The second-order valence-corrected chi connectivity index (χ2v) is 6.64. The molecule has 1 heterocycles. The molecule has 140 valence electrons. The van der Waals surface area contributed by atoms with E-state index in [1.54, 1.807) is 6.92 Å². The molecule has 1 aliphatic carbocycles. The molecule has 1 aromatic heterocycles. The van der Waals surface area contributed by atoms with Crippen LogP contribution in [0.5, 0.6) is 0 Å². The van der Waals surface area contributed by atoms with Gasteiger partial charge in [-0.3, -0.25) is 5.32 Å². The molecule has 0 unspecified atom stereocenters. The van der Waals surface area contributed by atoms with Gasteiger partial charge in [0.05, 0.1) is 5.56 Å². The number of aromatic nitrogens is 1. The number of carbonyl (C=O) groups excluding carboxylic acids is 1. The highest BCUT2D eigenvalue weighted by Gasteiger charge is 2.29. The van der Waals surface area contributed by atoms with Crippen LogP contribution in [0.4, 0.5) is 10.6 Å². The van der Waals surface area contributed by atoms with E-state index in [1.807, 2.05) is 36.4 Å². The number of anilines is 1. The lowest BCUT2D eigenvalue weighted by Crippen LogP contribution is -2.19. The van der Waals surface area contributed by atoms with E-state index in [0.717, 1.165) is 22.3 Å². The van der Waals surface area contributed by atoms with E-state index in [4.69, 9.17) is 4.74 Å². The van der Waals surface area contributed by atoms with Crippen LogP contribution in [0.3, 0.4) is 0 Å². The van der Waals surface area contributed by atoms with Gasteiger partial charge < -0.3 is 9.84 Å². The Hall–Kier alpha value is -3.67. The van der Waals surface area contributed by atoms with Crippen molar-refractivity contribution in [1.82, 2.24) is 4.98 Å². The second-order valence-electron chi connectivity index (χ2n) is 6.64. The SMILES string of the molecule is Cc1cnc(NC(=O)OCC2c3ccccc3-c3ccccc32)cc1C(=O)O. The Morgan fingerprint density at radius 3 is 2.29 bits per heavy atom. The molecule has 6 nitrogen and oxygen atoms in total. The minimum Gasteiger partial charge on any atom is -0.478 e. The van der Waals surface area contributed by atoms with Crippen molar-refractivity contribution in [3.63, 3.8) is 0 Å². The van der Waals surface area contributed by atoms with Crippen LogP contribution in [0.2, 0.25) is 0 Å². The van der Waals surface area contributed by atoms with Gasteiger partial charge in [-0.15, -0.1) is 0 Å². The smallest absolute Gasteiger partial charge is 0.412 e. The quantitative estimate of drug-likeness (QED) is 0.704. The third-order valence-corrected chi connectivity index (χ3v) is 4.91. The molecule has 0 saturated heterocycles. The van der Waals surface area contributed by atoms with E-state index in [9.17, 15) is 14.7 Å². The number of nitrogens with one attached hydrogen (secondary N) is 1. The van der Waals surface area contributed by atoms with Gasteiger partial charge in [-0.25, -0.2) is 14.6 Å². The summed E-state index contributed by atoms with van der Waals surface area (Å²) in [5.74, 6) is -0.977. The minimum absolute atomic E-state index is 0.0429. The third-order valence-electron chi connectivity index (χ3n) is 4.91. The van der Waals surface area contributed by atoms with Crippen molar-refractivity contribution in [1.29, 1.82) is 0 Å². The maximum absolute atomic E-state index is 12.2. The summed E-state index contributed by atoms with van der Waals surface area (Å²) in [6, 6.07) is 17.5. The van der Waals surface area contributed by atoms with Gasteiger partial charge in [-0.1, -0.05) is 48.5 Å². The van der Waals surface area contributed by atoms with E-state index >= 15 is 0 Å². The molecular weight excluding hydrogens is 356 g/mol. The van der Waals surface area contributed by atoms with Crippen LogP contribution in [0.25, 0.3) is 11.1 Å². The summed E-state index contributed by atoms with van der Waals surface area (Å²) in [6.45, 7) is 1.82. The molecule has 0 atom stereocenters. The summed E-state index contributed by atoms with van der Waals surface area (Å²) in [7, 11) is 0. The lowest BCUT2D eigenvalue weighted by Gasteiger charge is -2.14. The number of fused-ring (bicyclic) bond motifs is 3. The molecule has 2 N–H and O–H groups in total. The summed E-state index contributed by atoms with van der Waals surface area (Å²) in [5, 5.41) is 11.7. The molecule has 0 fully saturated rings. The molecule has 28 heavy (non-hydrogen) atoms. The van der Waals surface area contributed by atoms with Crippen LogP contribution < -0.4 is 5.32 Å². The first kappa shape index (κ1) is 17.7. The summed E-state index contributed by atoms with van der Waals surface area (Å²) in [5.41, 5.74) is 5.16. The number of rotatable bonds is 4. The third kappa shape index (κ3) is 3.20. The molecule has 4 rings (SSSR count). The number of carbonyl (C=O) groups is 2. The molecule has 6 heteroatoms. The Bertz CT molecular complexity index is 1030. The summed E-state index contributed by atoms with van der Waals surface area (Å²) in [4.78, 5) is 27.5. The number of nitrogens with zero attached hydrogens (tertiary/aromatic N) is 1. The van der Waals surface area contributed by atoms with Gasteiger partial charge in [0, 0.05) is 12.1 Å². The number of carboxylic acids is 1. The maximum Gasteiger partial charge on any atom is 0.412 e. The number of benzene rings is 2. The Balaban J connectivity index is 1.49. The zero-order valence-electron chi connectivity index (χ0n) is 15.2. The fourth-order valence-electron chi connectivity index (χ4n) is 3.56. The lowest BCUT2D eigenvalue weighted by atomic mass is 9.98. The zero-order valence-corrected chi connectivity index (χ0v) is 15.2. The fourth-order valence-corrected chi connectivity index (χ4v) is 3.56. The number of amides is 1. The van der Waals surface area contributed by atoms with Gasteiger partial charge in [-0.05, 0) is 40.8 Å². The van der Waals surface area contributed by atoms with Crippen molar-refractivity contribution < 1.29 is 19.4 Å². The van der Waals surface area contributed by atoms with Crippen molar-refractivity contribution in [2.75, 3.05) is 11.9 Å². The van der Waals surface area contributed by atoms with Crippen LogP contribution in [0.1, 0.15) is 33.0 Å². The van der Waals surface area contributed by atoms with Crippen molar-refractivity contribution in [2.24, 2.45) is 0 Å². The lowest BCUT2D eigenvalue weighted by molar-refractivity contribution is 0.0696. The number of aromatic carboxylic acids is 1. The van der Waals surface area contributed by atoms with Gasteiger partial charge in [0.15, 0.2) is 0 Å². The van der Waals surface area contributed by atoms with Gasteiger partial charge >= 0.3 is 12.1 Å². The first-order valence-electron chi connectivity index (χ1n) is 8.86. The molecule has 0 spiro atoms.